The van der Waals surface area contributed by atoms with Gasteiger partial charge in [-0.05, 0) is 19.1 Å². The standard InChI is InChI=1S/C13H8F6N2O2/c1-6(22)11-8(13(17,18)19)4-7(12(14,15)16)5-9(11)21-10(23)2-3-20/h4-5H,2H2,1H3,(H,21,23). The monoisotopic (exact) mass is 338 g/mol. The number of halogens is 6. The molecular formula is C13H8F6N2O2. The maximum Gasteiger partial charge on any atom is 0.417 e. The minimum atomic E-state index is -5.24. The average Bonchev–Trinajstić information content (AvgIpc) is 2.35. The van der Waals surface area contributed by atoms with Crippen LogP contribution in [0.1, 0.15) is 34.8 Å². The second kappa shape index (κ2) is 6.28. The van der Waals surface area contributed by atoms with E-state index in [0.717, 1.165) is 6.92 Å². The molecule has 0 spiro atoms. The molecule has 1 aromatic carbocycles. The molecule has 0 fully saturated rings. The third-order valence-corrected chi connectivity index (χ3v) is 2.64. The van der Waals surface area contributed by atoms with Crippen LogP contribution >= 0.6 is 0 Å². The van der Waals surface area contributed by atoms with E-state index in [1.165, 1.54) is 6.07 Å². The molecule has 0 saturated heterocycles. The number of nitrogens with one attached hydrogen (secondary N) is 1. The lowest BCUT2D eigenvalue weighted by molar-refractivity contribution is -0.143. The van der Waals surface area contributed by atoms with Gasteiger partial charge in [0.05, 0.1) is 28.4 Å². The highest BCUT2D eigenvalue weighted by molar-refractivity contribution is 6.05. The predicted octanol–water partition coefficient (Wildman–Crippen LogP) is 3.78. The van der Waals surface area contributed by atoms with Crippen molar-refractivity contribution >= 4 is 17.4 Å². The normalized spacial score (nSPS) is 11.7. The van der Waals surface area contributed by atoms with Gasteiger partial charge in [0, 0.05) is 0 Å². The number of amides is 1. The molecule has 0 unspecified atom stereocenters. The minimum Gasteiger partial charge on any atom is -0.324 e. The van der Waals surface area contributed by atoms with Crippen LogP contribution in [0.2, 0.25) is 0 Å². The first kappa shape index (κ1) is 18.5. The van der Waals surface area contributed by atoms with E-state index in [9.17, 15) is 35.9 Å². The smallest absolute Gasteiger partial charge is 0.324 e. The Morgan fingerprint density at radius 2 is 1.70 bits per heavy atom. The van der Waals surface area contributed by atoms with E-state index in [4.69, 9.17) is 5.26 Å². The van der Waals surface area contributed by atoms with Crippen molar-refractivity contribution in [1.29, 1.82) is 5.26 Å². The number of rotatable bonds is 3. The summed E-state index contributed by atoms with van der Waals surface area (Å²) in [7, 11) is 0. The first-order valence-electron chi connectivity index (χ1n) is 5.88. The lowest BCUT2D eigenvalue weighted by Crippen LogP contribution is -2.20. The summed E-state index contributed by atoms with van der Waals surface area (Å²) in [5.74, 6) is -2.32. The van der Waals surface area contributed by atoms with Crippen molar-refractivity contribution in [3.05, 3.63) is 28.8 Å². The van der Waals surface area contributed by atoms with Gasteiger partial charge in [0.15, 0.2) is 5.78 Å². The molecule has 1 N–H and O–H groups in total. The molecule has 0 radical (unpaired) electrons. The Kier molecular flexibility index (Phi) is 5.04. The van der Waals surface area contributed by atoms with Crippen molar-refractivity contribution in [3.63, 3.8) is 0 Å². The van der Waals surface area contributed by atoms with Gasteiger partial charge in [-0.2, -0.15) is 31.6 Å². The van der Waals surface area contributed by atoms with E-state index >= 15 is 0 Å². The highest BCUT2D eigenvalue weighted by Crippen LogP contribution is 2.40. The van der Waals surface area contributed by atoms with Gasteiger partial charge in [0.1, 0.15) is 6.42 Å². The van der Waals surface area contributed by atoms with Crippen LogP contribution in [0.4, 0.5) is 32.0 Å². The fraction of sp³-hybridized carbons (Fsp3) is 0.308. The molecule has 10 heteroatoms. The van der Waals surface area contributed by atoms with Crippen LogP contribution in [0.25, 0.3) is 0 Å². The highest BCUT2D eigenvalue weighted by atomic mass is 19.4. The van der Waals surface area contributed by atoms with E-state index in [1.807, 2.05) is 0 Å². The van der Waals surface area contributed by atoms with Crippen molar-refractivity contribution in [2.75, 3.05) is 5.32 Å². The van der Waals surface area contributed by atoms with Crippen molar-refractivity contribution in [1.82, 2.24) is 0 Å². The molecule has 0 aliphatic carbocycles. The Morgan fingerprint density at radius 3 is 2.09 bits per heavy atom. The number of hydrogen-bond acceptors (Lipinski definition) is 3. The third kappa shape index (κ3) is 4.45. The number of Topliss-reactive ketones (excluding diaryl/α,β-unsaturated/α-hetero) is 1. The molecule has 0 aliphatic rings. The van der Waals surface area contributed by atoms with Crippen LogP contribution < -0.4 is 5.32 Å². The van der Waals surface area contributed by atoms with Crippen LogP contribution in [0.5, 0.6) is 0 Å². The topological polar surface area (TPSA) is 70.0 Å². The molecule has 1 amide bonds. The summed E-state index contributed by atoms with van der Waals surface area (Å²) < 4.78 is 77.1. The quantitative estimate of drug-likeness (QED) is 0.673. The number of benzene rings is 1. The summed E-state index contributed by atoms with van der Waals surface area (Å²) in [6.07, 6.45) is -11.2. The number of ketones is 1. The highest BCUT2D eigenvalue weighted by Gasteiger charge is 2.40. The van der Waals surface area contributed by atoms with Gasteiger partial charge < -0.3 is 5.32 Å². The van der Waals surface area contributed by atoms with E-state index in [1.54, 1.807) is 5.32 Å². The molecule has 23 heavy (non-hydrogen) atoms. The molecule has 124 valence electrons. The lowest BCUT2D eigenvalue weighted by Gasteiger charge is -2.18. The number of anilines is 1. The van der Waals surface area contributed by atoms with Crippen LogP contribution in [-0.4, -0.2) is 11.7 Å². The van der Waals surface area contributed by atoms with Gasteiger partial charge in [0.25, 0.3) is 0 Å². The summed E-state index contributed by atoms with van der Waals surface area (Å²) in [6.45, 7) is 0.720. The van der Waals surface area contributed by atoms with Gasteiger partial charge in [-0.3, -0.25) is 9.59 Å². The molecule has 4 nitrogen and oxygen atoms in total. The first-order valence-corrected chi connectivity index (χ1v) is 5.88. The fourth-order valence-electron chi connectivity index (χ4n) is 1.77. The number of hydrogen-bond donors (Lipinski definition) is 1. The Bertz CT molecular complexity index is 685. The molecule has 0 bridgehead atoms. The number of carbonyl (C=O) groups is 2. The van der Waals surface area contributed by atoms with Gasteiger partial charge in [-0.25, -0.2) is 0 Å². The Hall–Kier alpha value is -2.57. The maximum absolute atomic E-state index is 13.0. The summed E-state index contributed by atoms with van der Waals surface area (Å²) >= 11 is 0. The van der Waals surface area contributed by atoms with Gasteiger partial charge in [-0.15, -0.1) is 0 Å². The second-order valence-corrected chi connectivity index (χ2v) is 4.38. The van der Waals surface area contributed by atoms with Gasteiger partial charge >= 0.3 is 12.4 Å². The zero-order chi connectivity index (χ0) is 18.0. The number of nitrogens with zero attached hydrogens (tertiary/aromatic N) is 1. The van der Waals surface area contributed by atoms with Crippen LogP contribution in [0, 0.1) is 11.3 Å². The summed E-state index contributed by atoms with van der Waals surface area (Å²) in [5, 5.41) is 10.1. The van der Waals surface area contributed by atoms with Crippen molar-refractivity contribution in [3.8, 4) is 6.07 Å². The molecule has 0 heterocycles. The van der Waals surface area contributed by atoms with Gasteiger partial charge in [0.2, 0.25) is 5.91 Å². The molecule has 1 rings (SSSR count). The zero-order valence-corrected chi connectivity index (χ0v) is 11.4. The van der Waals surface area contributed by atoms with Crippen LogP contribution in [0.3, 0.4) is 0 Å². The average molecular weight is 338 g/mol. The Balaban J connectivity index is 3.66. The summed E-state index contributed by atoms with van der Waals surface area (Å²) in [4.78, 5) is 22.7. The molecular weight excluding hydrogens is 330 g/mol. The molecule has 0 atom stereocenters. The van der Waals surface area contributed by atoms with Crippen molar-refractivity contribution in [2.45, 2.75) is 25.7 Å². The van der Waals surface area contributed by atoms with Crippen molar-refractivity contribution < 1.29 is 35.9 Å². The van der Waals surface area contributed by atoms with Crippen LogP contribution in [0.15, 0.2) is 12.1 Å². The largest absolute Gasteiger partial charge is 0.417 e. The molecule has 1 aromatic rings. The lowest BCUT2D eigenvalue weighted by atomic mass is 9.97. The SMILES string of the molecule is CC(=O)c1c(NC(=O)CC#N)cc(C(F)(F)F)cc1C(F)(F)F. The number of nitriles is 1. The van der Waals surface area contributed by atoms with Crippen molar-refractivity contribution in [2.24, 2.45) is 0 Å². The fourth-order valence-corrected chi connectivity index (χ4v) is 1.77. The Labute approximate surface area is 125 Å². The predicted molar refractivity (Wildman–Crippen MR) is 65.3 cm³/mol. The van der Waals surface area contributed by atoms with E-state index in [0.29, 0.717) is 0 Å². The summed E-state index contributed by atoms with van der Waals surface area (Å²) in [5.41, 5.74) is -5.54. The first-order chi connectivity index (χ1) is 10.4. The zero-order valence-electron chi connectivity index (χ0n) is 11.4. The van der Waals surface area contributed by atoms with E-state index < -0.39 is 52.8 Å². The molecule has 0 aromatic heterocycles. The van der Waals surface area contributed by atoms with Crippen LogP contribution in [-0.2, 0) is 17.1 Å². The third-order valence-electron chi connectivity index (χ3n) is 2.64. The second-order valence-electron chi connectivity index (χ2n) is 4.38. The molecule has 0 saturated carbocycles. The van der Waals surface area contributed by atoms with E-state index in [-0.39, 0.29) is 12.1 Å². The Morgan fingerprint density at radius 1 is 1.13 bits per heavy atom. The molecule has 0 aliphatic heterocycles. The maximum atomic E-state index is 13.0. The number of alkyl halides is 6. The van der Waals surface area contributed by atoms with Gasteiger partial charge in [-0.1, -0.05) is 0 Å². The van der Waals surface area contributed by atoms with E-state index in [2.05, 4.69) is 0 Å². The summed E-state index contributed by atoms with van der Waals surface area (Å²) in [6, 6.07) is 1.41. The number of carbonyl (C=O) groups excluding carboxylic acids is 2. The minimum absolute atomic E-state index is 0.198.